The molecule has 0 heteroatoms. The van der Waals surface area contributed by atoms with Crippen LogP contribution in [0.3, 0.4) is 0 Å². The monoisotopic (exact) mass is 150 g/mol. The molecule has 0 aromatic carbocycles. The fourth-order valence-corrected chi connectivity index (χ4v) is 1.54. The van der Waals surface area contributed by atoms with Crippen LogP contribution in [0.1, 0.15) is 39.5 Å². The molecular weight excluding hydrogens is 132 g/mol. The SMILES string of the molecule is CCC(C)C[C@@H]1C=C=CCC1. The van der Waals surface area contributed by atoms with Gasteiger partial charge in [-0.15, -0.1) is 5.73 Å². The van der Waals surface area contributed by atoms with Gasteiger partial charge >= 0.3 is 0 Å². The third-order valence-electron chi connectivity index (χ3n) is 2.53. The predicted octanol–water partition coefficient (Wildman–Crippen LogP) is 3.54. The van der Waals surface area contributed by atoms with Crippen LogP contribution in [0.25, 0.3) is 0 Å². The molecule has 0 aromatic heterocycles. The van der Waals surface area contributed by atoms with Crippen LogP contribution in [0.15, 0.2) is 17.9 Å². The van der Waals surface area contributed by atoms with Crippen molar-refractivity contribution in [2.75, 3.05) is 0 Å². The Morgan fingerprint density at radius 2 is 2.45 bits per heavy atom. The van der Waals surface area contributed by atoms with E-state index in [0.717, 1.165) is 11.8 Å². The number of hydrogen-bond acceptors (Lipinski definition) is 0. The highest BCUT2D eigenvalue weighted by atomic mass is 14.1. The van der Waals surface area contributed by atoms with Crippen LogP contribution in [0.2, 0.25) is 0 Å². The summed E-state index contributed by atoms with van der Waals surface area (Å²) in [6, 6.07) is 0. The van der Waals surface area contributed by atoms with Gasteiger partial charge in [0.05, 0.1) is 0 Å². The van der Waals surface area contributed by atoms with Crippen LogP contribution >= 0.6 is 0 Å². The summed E-state index contributed by atoms with van der Waals surface area (Å²) in [5.74, 6) is 1.70. The minimum Gasteiger partial charge on any atom is -0.129 e. The first-order valence-corrected chi connectivity index (χ1v) is 4.74. The summed E-state index contributed by atoms with van der Waals surface area (Å²) in [6.45, 7) is 4.61. The first-order valence-electron chi connectivity index (χ1n) is 4.74. The molecule has 0 fully saturated rings. The average Bonchev–Trinajstić information content (AvgIpc) is 2.06. The Labute approximate surface area is 70.0 Å². The Morgan fingerprint density at radius 1 is 1.64 bits per heavy atom. The first kappa shape index (κ1) is 8.62. The van der Waals surface area contributed by atoms with Crippen LogP contribution < -0.4 is 0 Å². The van der Waals surface area contributed by atoms with Gasteiger partial charge in [0.25, 0.3) is 0 Å². The summed E-state index contributed by atoms with van der Waals surface area (Å²) < 4.78 is 0. The number of rotatable bonds is 3. The Kier molecular flexibility index (Phi) is 3.45. The zero-order valence-electron chi connectivity index (χ0n) is 7.64. The minimum absolute atomic E-state index is 0.815. The van der Waals surface area contributed by atoms with E-state index in [9.17, 15) is 0 Å². The molecule has 1 aliphatic rings. The Balaban J connectivity index is 2.31. The molecule has 0 aliphatic heterocycles. The lowest BCUT2D eigenvalue weighted by atomic mass is 9.89. The van der Waals surface area contributed by atoms with Gasteiger partial charge in [-0.25, -0.2) is 0 Å². The van der Waals surface area contributed by atoms with Crippen molar-refractivity contribution in [3.63, 3.8) is 0 Å². The maximum atomic E-state index is 3.21. The Bertz CT molecular complexity index is 161. The maximum absolute atomic E-state index is 3.21. The lowest BCUT2D eigenvalue weighted by Crippen LogP contribution is -2.04. The first-order chi connectivity index (χ1) is 5.33. The molecule has 1 unspecified atom stereocenters. The van der Waals surface area contributed by atoms with E-state index >= 15 is 0 Å². The second-order valence-electron chi connectivity index (χ2n) is 3.62. The molecule has 2 atom stereocenters. The number of allylic oxidation sites excluding steroid dienone is 1. The fourth-order valence-electron chi connectivity index (χ4n) is 1.54. The van der Waals surface area contributed by atoms with Gasteiger partial charge in [0.2, 0.25) is 0 Å². The van der Waals surface area contributed by atoms with E-state index in [-0.39, 0.29) is 0 Å². The molecule has 0 saturated heterocycles. The molecule has 1 aliphatic carbocycles. The minimum atomic E-state index is 0.815. The average molecular weight is 150 g/mol. The quantitative estimate of drug-likeness (QED) is 0.540. The van der Waals surface area contributed by atoms with E-state index < -0.39 is 0 Å². The van der Waals surface area contributed by atoms with Crippen molar-refractivity contribution in [2.45, 2.75) is 39.5 Å². The largest absolute Gasteiger partial charge is 0.129 e. The molecule has 0 saturated carbocycles. The van der Waals surface area contributed by atoms with Crippen LogP contribution in [0.4, 0.5) is 0 Å². The predicted molar refractivity (Wildman–Crippen MR) is 49.4 cm³/mol. The van der Waals surface area contributed by atoms with Gasteiger partial charge in [0.1, 0.15) is 0 Å². The molecule has 1 rings (SSSR count). The fraction of sp³-hybridized carbons (Fsp3) is 0.727. The third-order valence-corrected chi connectivity index (χ3v) is 2.53. The van der Waals surface area contributed by atoms with Crippen molar-refractivity contribution < 1.29 is 0 Å². The summed E-state index contributed by atoms with van der Waals surface area (Å²) in [5.41, 5.74) is 3.21. The van der Waals surface area contributed by atoms with E-state index in [2.05, 4.69) is 31.7 Å². The highest BCUT2D eigenvalue weighted by molar-refractivity contribution is 4.95. The summed E-state index contributed by atoms with van der Waals surface area (Å²) >= 11 is 0. The van der Waals surface area contributed by atoms with Crippen molar-refractivity contribution in [1.82, 2.24) is 0 Å². The summed E-state index contributed by atoms with van der Waals surface area (Å²) in [4.78, 5) is 0. The van der Waals surface area contributed by atoms with Crippen LogP contribution in [0.5, 0.6) is 0 Å². The molecule has 0 N–H and O–H groups in total. The summed E-state index contributed by atoms with van der Waals surface area (Å²) in [5, 5.41) is 0. The topological polar surface area (TPSA) is 0 Å². The van der Waals surface area contributed by atoms with Crippen LogP contribution in [-0.4, -0.2) is 0 Å². The molecule has 0 bridgehead atoms. The summed E-state index contributed by atoms with van der Waals surface area (Å²) in [6.07, 6.45) is 9.64. The van der Waals surface area contributed by atoms with E-state index in [0.29, 0.717) is 0 Å². The van der Waals surface area contributed by atoms with E-state index in [1.54, 1.807) is 0 Å². The molecular formula is C11H18. The smallest absolute Gasteiger partial charge is 0.0152 e. The summed E-state index contributed by atoms with van der Waals surface area (Å²) in [7, 11) is 0. The van der Waals surface area contributed by atoms with Crippen molar-refractivity contribution in [3.05, 3.63) is 17.9 Å². The van der Waals surface area contributed by atoms with Crippen LogP contribution in [-0.2, 0) is 0 Å². The normalized spacial score (nSPS) is 25.5. The second-order valence-corrected chi connectivity index (χ2v) is 3.62. The van der Waals surface area contributed by atoms with Crippen molar-refractivity contribution in [2.24, 2.45) is 11.8 Å². The second kappa shape index (κ2) is 4.41. The molecule has 0 amide bonds. The van der Waals surface area contributed by atoms with E-state index in [1.165, 1.54) is 25.7 Å². The van der Waals surface area contributed by atoms with Gasteiger partial charge < -0.3 is 0 Å². The zero-order valence-corrected chi connectivity index (χ0v) is 7.64. The van der Waals surface area contributed by atoms with Gasteiger partial charge in [0.15, 0.2) is 0 Å². The molecule has 0 heterocycles. The highest BCUT2D eigenvalue weighted by Crippen LogP contribution is 2.22. The van der Waals surface area contributed by atoms with Crippen molar-refractivity contribution in [3.8, 4) is 0 Å². The highest BCUT2D eigenvalue weighted by Gasteiger charge is 2.09. The lowest BCUT2D eigenvalue weighted by molar-refractivity contribution is 0.416. The van der Waals surface area contributed by atoms with Gasteiger partial charge in [-0.1, -0.05) is 20.3 Å². The maximum Gasteiger partial charge on any atom is -0.0152 e. The van der Waals surface area contributed by atoms with E-state index in [4.69, 9.17) is 0 Å². The van der Waals surface area contributed by atoms with Gasteiger partial charge in [0, 0.05) is 0 Å². The third kappa shape index (κ3) is 2.95. The standard InChI is InChI=1S/C11H18/c1-3-10(2)9-11-7-5-4-6-8-11/h4,8,10-11H,3,5,7,9H2,1-2H3/t10?,11-/m0/s1. The zero-order chi connectivity index (χ0) is 8.10. The number of hydrogen-bond donors (Lipinski definition) is 0. The molecule has 0 spiro atoms. The van der Waals surface area contributed by atoms with Gasteiger partial charge in [-0.3, -0.25) is 0 Å². The molecule has 11 heavy (non-hydrogen) atoms. The Morgan fingerprint density at radius 3 is 3.00 bits per heavy atom. The molecule has 0 aromatic rings. The van der Waals surface area contributed by atoms with Crippen molar-refractivity contribution in [1.29, 1.82) is 0 Å². The van der Waals surface area contributed by atoms with Gasteiger partial charge in [-0.05, 0) is 43.3 Å². The van der Waals surface area contributed by atoms with Crippen molar-refractivity contribution >= 4 is 0 Å². The molecule has 0 nitrogen and oxygen atoms in total. The van der Waals surface area contributed by atoms with Crippen LogP contribution in [0, 0.1) is 11.8 Å². The lowest BCUT2D eigenvalue weighted by Gasteiger charge is -2.16. The van der Waals surface area contributed by atoms with Gasteiger partial charge in [-0.2, -0.15) is 0 Å². The van der Waals surface area contributed by atoms with E-state index in [1.807, 2.05) is 0 Å². The molecule has 62 valence electrons. The molecule has 0 radical (unpaired) electrons. The Hall–Kier alpha value is -0.480.